The minimum absolute atomic E-state index is 0.288. The standard InChI is InChI=1S/C23H26N2O5S/c1-5-30-23(26)21-19(24)18-17(13-8-6-7-9-14(13)25-22(18)31-21)12-10-15(27-2)20(29-4)16(11-12)28-3/h10-11H,5-9,24H2,1-4H3. The molecule has 1 aromatic carbocycles. The third-order valence-electron chi connectivity index (χ3n) is 5.57. The van der Waals surface area contributed by atoms with Crippen LogP contribution in [0.2, 0.25) is 0 Å². The zero-order valence-electron chi connectivity index (χ0n) is 18.2. The highest BCUT2D eigenvalue weighted by molar-refractivity contribution is 7.21. The number of ether oxygens (including phenoxy) is 4. The van der Waals surface area contributed by atoms with E-state index in [0.29, 0.717) is 27.8 Å². The number of nitrogens with zero attached hydrogens (tertiary/aromatic N) is 1. The largest absolute Gasteiger partial charge is 0.493 e. The summed E-state index contributed by atoms with van der Waals surface area (Å²) in [6, 6.07) is 3.85. The zero-order valence-corrected chi connectivity index (χ0v) is 19.0. The second-order valence-corrected chi connectivity index (χ2v) is 8.28. The minimum atomic E-state index is -0.420. The van der Waals surface area contributed by atoms with Gasteiger partial charge in [0.05, 0.1) is 33.6 Å². The van der Waals surface area contributed by atoms with E-state index >= 15 is 0 Å². The molecule has 0 unspecified atom stereocenters. The number of thiophene rings is 1. The van der Waals surface area contributed by atoms with E-state index in [2.05, 4.69) is 0 Å². The van der Waals surface area contributed by atoms with Crippen molar-refractivity contribution in [2.45, 2.75) is 32.6 Å². The molecule has 0 saturated carbocycles. The lowest BCUT2D eigenvalue weighted by atomic mass is 9.87. The second kappa shape index (κ2) is 8.63. The molecule has 0 amide bonds. The van der Waals surface area contributed by atoms with E-state index in [1.54, 1.807) is 28.3 Å². The van der Waals surface area contributed by atoms with Crippen molar-refractivity contribution in [3.05, 3.63) is 28.3 Å². The van der Waals surface area contributed by atoms with Gasteiger partial charge in [-0.1, -0.05) is 0 Å². The van der Waals surface area contributed by atoms with Crippen molar-refractivity contribution < 1.29 is 23.7 Å². The fourth-order valence-corrected chi connectivity index (χ4v) is 5.22. The first kappa shape index (κ1) is 21.2. The first-order valence-corrected chi connectivity index (χ1v) is 11.1. The number of rotatable bonds is 6. The van der Waals surface area contributed by atoms with Crippen molar-refractivity contribution in [2.24, 2.45) is 0 Å². The lowest BCUT2D eigenvalue weighted by Gasteiger charge is -2.21. The summed E-state index contributed by atoms with van der Waals surface area (Å²) in [6.45, 7) is 2.07. The number of esters is 1. The van der Waals surface area contributed by atoms with E-state index in [9.17, 15) is 4.79 Å². The summed E-state index contributed by atoms with van der Waals surface area (Å²) in [5, 5.41) is 0.781. The van der Waals surface area contributed by atoms with Crippen LogP contribution in [0, 0.1) is 0 Å². The number of anilines is 1. The van der Waals surface area contributed by atoms with E-state index in [0.717, 1.165) is 58.3 Å². The minimum Gasteiger partial charge on any atom is -0.493 e. The van der Waals surface area contributed by atoms with Crippen molar-refractivity contribution in [1.82, 2.24) is 4.98 Å². The SMILES string of the molecule is CCOC(=O)c1sc2nc3c(c(-c4cc(OC)c(OC)c(OC)c4)c2c1N)CCCC3. The van der Waals surface area contributed by atoms with E-state index in [1.807, 2.05) is 12.1 Å². The Hall–Kier alpha value is -3.00. The number of fused-ring (bicyclic) bond motifs is 2. The third-order valence-corrected chi connectivity index (χ3v) is 6.65. The lowest BCUT2D eigenvalue weighted by Crippen LogP contribution is -2.08. The first-order chi connectivity index (χ1) is 15.0. The molecule has 0 aliphatic heterocycles. The first-order valence-electron chi connectivity index (χ1n) is 10.2. The van der Waals surface area contributed by atoms with Crippen LogP contribution in [0.4, 0.5) is 5.69 Å². The van der Waals surface area contributed by atoms with Gasteiger partial charge in [0.15, 0.2) is 11.5 Å². The van der Waals surface area contributed by atoms with E-state index < -0.39 is 5.97 Å². The molecule has 0 fully saturated rings. The summed E-state index contributed by atoms with van der Waals surface area (Å²) < 4.78 is 21.9. The maximum Gasteiger partial charge on any atom is 0.350 e. The van der Waals surface area contributed by atoms with Crippen LogP contribution in [-0.2, 0) is 17.6 Å². The van der Waals surface area contributed by atoms with Gasteiger partial charge in [-0.2, -0.15) is 0 Å². The molecule has 3 aromatic rings. The van der Waals surface area contributed by atoms with Crippen LogP contribution in [-0.4, -0.2) is 38.9 Å². The number of methoxy groups -OCH3 is 3. The molecule has 0 spiro atoms. The Bertz CT molecular complexity index is 1130. The van der Waals surface area contributed by atoms with Crippen LogP contribution in [0.15, 0.2) is 12.1 Å². The van der Waals surface area contributed by atoms with Crippen LogP contribution in [0.3, 0.4) is 0 Å². The van der Waals surface area contributed by atoms with Crippen molar-refractivity contribution in [2.75, 3.05) is 33.7 Å². The summed E-state index contributed by atoms with van der Waals surface area (Å²) in [5.74, 6) is 1.23. The van der Waals surface area contributed by atoms with E-state index in [-0.39, 0.29) is 6.61 Å². The van der Waals surface area contributed by atoms with Crippen molar-refractivity contribution in [1.29, 1.82) is 0 Å². The molecule has 4 rings (SSSR count). The molecule has 2 N–H and O–H groups in total. The molecule has 1 aliphatic rings. The molecular weight excluding hydrogens is 416 g/mol. The Labute approximate surface area is 185 Å². The van der Waals surface area contributed by atoms with Crippen LogP contribution >= 0.6 is 11.3 Å². The second-order valence-electron chi connectivity index (χ2n) is 7.28. The topological polar surface area (TPSA) is 92.9 Å². The number of nitrogens with two attached hydrogens (primary N) is 1. The number of hydrogen-bond donors (Lipinski definition) is 1. The molecule has 7 nitrogen and oxygen atoms in total. The van der Waals surface area contributed by atoms with Crippen LogP contribution in [0.25, 0.3) is 21.3 Å². The normalized spacial score (nSPS) is 13.0. The molecule has 31 heavy (non-hydrogen) atoms. The van der Waals surface area contributed by atoms with Gasteiger partial charge in [0.2, 0.25) is 5.75 Å². The molecular formula is C23H26N2O5S. The van der Waals surface area contributed by atoms with Crippen LogP contribution in [0.1, 0.15) is 40.7 Å². The fraction of sp³-hybridized carbons (Fsp3) is 0.391. The summed E-state index contributed by atoms with van der Waals surface area (Å²) >= 11 is 1.28. The number of pyridine rings is 1. The fourth-order valence-electron chi connectivity index (χ4n) is 4.20. The summed E-state index contributed by atoms with van der Waals surface area (Å²) in [4.78, 5) is 18.5. The Morgan fingerprint density at radius 1 is 1.10 bits per heavy atom. The van der Waals surface area contributed by atoms with Gasteiger partial charge in [-0.3, -0.25) is 0 Å². The summed E-state index contributed by atoms with van der Waals surface area (Å²) in [7, 11) is 4.77. The number of aromatic nitrogens is 1. The number of hydrogen-bond acceptors (Lipinski definition) is 8. The average molecular weight is 443 g/mol. The molecule has 2 aromatic heterocycles. The number of benzene rings is 1. The quantitative estimate of drug-likeness (QED) is 0.557. The molecule has 0 radical (unpaired) electrons. The number of carbonyl (C=O) groups is 1. The van der Waals surface area contributed by atoms with Gasteiger partial charge in [-0.15, -0.1) is 11.3 Å². The van der Waals surface area contributed by atoms with Crippen molar-refractivity contribution in [3.63, 3.8) is 0 Å². The molecule has 0 atom stereocenters. The maximum atomic E-state index is 12.5. The third kappa shape index (κ3) is 3.54. The highest BCUT2D eigenvalue weighted by Crippen LogP contribution is 2.48. The monoisotopic (exact) mass is 442 g/mol. The Morgan fingerprint density at radius 3 is 2.39 bits per heavy atom. The summed E-state index contributed by atoms with van der Waals surface area (Å²) in [5.41, 5.74) is 11.0. The van der Waals surface area contributed by atoms with Crippen molar-refractivity contribution in [3.8, 4) is 28.4 Å². The van der Waals surface area contributed by atoms with Crippen LogP contribution in [0.5, 0.6) is 17.2 Å². The van der Waals surface area contributed by atoms with Gasteiger partial charge < -0.3 is 24.7 Å². The Morgan fingerprint density at radius 2 is 1.77 bits per heavy atom. The highest BCUT2D eigenvalue weighted by Gasteiger charge is 2.27. The van der Waals surface area contributed by atoms with Gasteiger partial charge >= 0.3 is 5.97 Å². The van der Waals surface area contributed by atoms with E-state index in [1.165, 1.54) is 11.3 Å². The smallest absolute Gasteiger partial charge is 0.350 e. The van der Waals surface area contributed by atoms with Gasteiger partial charge in [0.25, 0.3) is 0 Å². The van der Waals surface area contributed by atoms with Gasteiger partial charge in [-0.05, 0) is 61.4 Å². The van der Waals surface area contributed by atoms with Gasteiger partial charge in [-0.25, -0.2) is 9.78 Å². The lowest BCUT2D eigenvalue weighted by molar-refractivity contribution is 0.0533. The molecule has 8 heteroatoms. The predicted molar refractivity (Wildman–Crippen MR) is 122 cm³/mol. The van der Waals surface area contributed by atoms with Gasteiger partial charge in [0, 0.05) is 11.1 Å². The highest BCUT2D eigenvalue weighted by atomic mass is 32.1. The zero-order chi connectivity index (χ0) is 22.1. The number of nitrogen functional groups attached to an aromatic ring is 1. The molecule has 1 aliphatic carbocycles. The molecule has 164 valence electrons. The molecule has 0 bridgehead atoms. The maximum absolute atomic E-state index is 12.5. The Balaban J connectivity index is 2.06. The number of aryl methyl sites for hydroxylation is 1. The number of carbonyl (C=O) groups excluding carboxylic acids is 1. The average Bonchev–Trinajstić information content (AvgIpc) is 3.12. The molecule has 2 heterocycles. The van der Waals surface area contributed by atoms with Gasteiger partial charge in [0.1, 0.15) is 9.71 Å². The van der Waals surface area contributed by atoms with E-state index in [4.69, 9.17) is 29.7 Å². The Kier molecular flexibility index (Phi) is 5.91. The summed E-state index contributed by atoms with van der Waals surface area (Å²) in [6.07, 6.45) is 3.96. The van der Waals surface area contributed by atoms with Crippen LogP contribution < -0.4 is 19.9 Å². The van der Waals surface area contributed by atoms with Crippen molar-refractivity contribution >= 4 is 33.2 Å². The predicted octanol–water partition coefficient (Wildman–Crippen LogP) is 4.63. The molecule has 0 saturated heterocycles.